The number of hydrogen-bond donors (Lipinski definition) is 2. The van der Waals surface area contributed by atoms with Crippen LogP contribution in [0.5, 0.6) is 11.5 Å². The van der Waals surface area contributed by atoms with E-state index in [0.717, 1.165) is 11.1 Å². The zero-order chi connectivity index (χ0) is 19.5. The molecule has 0 saturated carbocycles. The third kappa shape index (κ3) is 3.81. The maximum absolute atomic E-state index is 13.1. The van der Waals surface area contributed by atoms with Crippen molar-refractivity contribution in [2.45, 2.75) is 0 Å². The van der Waals surface area contributed by atoms with Crippen molar-refractivity contribution in [3.63, 3.8) is 0 Å². The minimum atomic E-state index is -1.05. The van der Waals surface area contributed by atoms with Gasteiger partial charge in [0.15, 0.2) is 11.5 Å². The number of fused-ring (bicyclic) bond motifs is 1. The predicted molar refractivity (Wildman–Crippen MR) is 105 cm³/mol. The Kier molecular flexibility index (Phi) is 4.68. The number of carboxylic acids is 1. The average molecular weight is 377 g/mol. The van der Waals surface area contributed by atoms with Crippen LogP contribution in [0.15, 0.2) is 60.7 Å². The van der Waals surface area contributed by atoms with Gasteiger partial charge in [0.05, 0.1) is 11.3 Å². The fourth-order valence-corrected chi connectivity index (χ4v) is 2.85. The highest BCUT2D eigenvalue weighted by atomic mass is 19.1. The molecule has 0 amide bonds. The zero-order valence-corrected chi connectivity index (χ0v) is 14.7. The van der Waals surface area contributed by atoms with E-state index in [1.807, 2.05) is 30.4 Å². The Labute approximate surface area is 160 Å². The molecule has 28 heavy (non-hydrogen) atoms. The number of aromatic carboxylic acids is 1. The lowest BCUT2D eigenvalue weighted by Crippen LogP contribution is -2.03. The lowest BCUT2D eigenvalue weighted by molar-refractivity contribution is 0.0698. The Morgan fingerprint density at radius 1 is 0.929 bits per heavy atom. The van der Waals surface area contributed by atoms with Gasteiger partial charge in [-0.05, 0) is 59.7 Å². The second-order valence-corrected chi connectivity index (χ2v) is 6.19. The normalized spacial score (nSPS) is 12.3. The summed E-state index contributed by atoms with van der Waals surface area (Å²) in [7, 11) is 0. The van der Waals surface area contributed by atoms with E-state index in [1.54, 1.807) is 24.3 Å². The number of anilines is 2. The lowest BCUT2D eigenvalue weighted by Gasteiger charge is -2.11. The summed E-state index contributed by atoms with van der Waals surface area (Å²) >= 11 is 0. The molecule has 0 fully saturated rings. The molecule has 4 rings (SSSR count). The molecule has 2 N–H and O–H groups in total. The van der Waals surface area contributed by atoms with Crippen molar-refractivity contribution >= 4 is 29.5 Å². The molecule has 140 valence electrons. The van der Waals surface area contributed by atoms with Gasteiger partial charge in [0.2, 0.25) is 6.79 Å². The Morgan fingerprint density at radius 3 is 2.36 bits per heavy atom. The van der Waals surface area contributed by atoms with Gasteiger partial charge in [0, 0.05) is 5.69 Å². The monoisotopic (exact) mass is 377 g/mol. The topological polar surface area (TPSA) is 67.8 Å². The Bertz CT molecular complexity index is 1060. The van der Waals surface area contributed by atoms with E-state index >= 15 is 0 Å². The van der Waals surface area contributed by atoms with E-state index in [0.29, 0.717) is 22.9 Å². The van der Waals surface area contributed by atoms with Crippen LogP contribution in [0.4, 0.5) is 15.8 Å². The third-order valence-electron chi connectivity index (χ3n) is 4.26. The van der Waals surface area contributed by atoms with Crippen molar-refractivity contribution in [1.29, 1.82) is 0 Å². The molecule has 0 aromatic heterocycles. The minimum absolute atomic E-state index is 0.129. The number of benzene rings is 3. The number of nitrogens with one attached hydrogen (secondary N) is 1. The fraction of sp³-hybridized carbons (Fsp3) is 0.0455. The quantitative estimate of drug-likeness (QED) is 0.601. The summed E-state index contributed by atoms with van der Waals surface area (Å²) in [5, 5.41) is 12.5. The van der Waals surface area contributed by atoms with Crippen LogP contribution >= 0.6 is 0 Å². The molecule has 0 saturated heterocycles. The first-order valence-electron chi connectivity index (χ1n) is 8.56. The van der Waals surface area contributed by atoms with Gasteiger partial charge >= 0.3 is 5.97 Å². The van der Waals surface area contributed by atoms with Gasteiger partial charge < -0.3 is 19.9 Å². The summed E-state index contributed by atoms with van der Waals surface area (Å²) in [6.07, 6.45) is 3.78. The van der Waals surface area contributed by atoms with Crippen molar-refractivity contribution in [3.8, 4) is 11.5 Å². The number of carbonyl (C=O) groups is 1. The molecule has 0 aliphatic carbocycles. The first-order valence-corrected chi connectivity index (χ1v) is 8.56. The summed E-state index contributed by atoms with van der Waals surface area (Å²) in [4.78, 5) is 11.5. The SMILES string of the molecule is O=C(O)c1ccc(/C=C/c2ccc3c(c2)OCO3)cc1Nc1ccc(F)cc1. The summed E-state index contributed by atoms with van der Waals surface area (Å²) < 4.78 is 23.8. The number of hydrogen-bond acceptors (Lipinski definition) is 4. The van der Waals surface area contributed by atoms with Crippen LogP contribution in [-0.2, 0) is 0 Å². The van der Waals surface area contributed by atoms with Crippen LogP contribution in [0.3, 0.4) is 0 Å². The van der Waals surface area contributed by atoms with Crippen molar-refractivity contribution in [2.75, 3.05) is 12.1 Å². The summed E-state index contributed by atoms with van der Waals surface area (Å²) in [5.41, 5.74) is 2.89. The molecule has 3 aromatic carbocycles. The highest BCUT2D eigenvalue weighted by Crippen LogP contribution is 2.33. The number of ether oxygens (including phenoxy) is 2. The summed E-state index contributed by atoms with van der Waals surface area (Å²) in [6, 6.07) is 16.4. The maximum Gasteiger partial charge on any atom is 0.337 e. The molecular formula is C22H16FNO4. The maximum atomic E-state index is 13.1. The molecule has 3 aromatic rings. The van der Waals surface area contributed by atoms with Gasteiger partial charge in [-0.1, -0.05) is 24.3 Å². The van der Waals surface area contributed by atoms with Crippen LogP contribution in [0.25, 0.3) is 12.2 Å². The Hall–Kier alpha value is -3.80. The molecule has 0 unspecified atom stereocenters. The molecule has 6 heteroatoms. The molecule has 1 aliphatic heterocycles. The van der Waals surface area contributed by atoms with E-state index in [-0.39, 0.29) is 18.2 Å². The average Bonchev–Trinajstić information content (AvgIpc) is 3.16. The summed E-state index contributed by atoms with van der Waals surface area (Å²) in [5.74, 6) is 0.0103. The fourth-order valence-electron chi connectivity index (χ4n) is 2.85. The highest BCUT2D eigenvalue weighted by molar-refractivity contribution is 5.96. The van der Waals surface area contributed by atoms with E-state index < -0.39 is 5.97 Å². The van der Waals surface area contributed by atoms with E-state index in [2.05, 4.69) is 5.32 Å². The van der Waals surface area contributed by atoms with Crippen LogP contribution in [-0.4, -0.2) is 17.9 Å². The van der Waals surface area contributed by atoms with Crippen LogP contribution in [0.2, 0.25) is 0 Å². The van der Waals surface area contributed by atoms with Crippen LogP contribution in [0, 0.1) is 5.82 Å². The molecule has 1 aliphatic rings. The number of carboxylic acid groups (broad SMARTS) is 1. The largest absolute Gasteiger partial charge is 0.478 e. The van der Waals surface area contributed by atoms with E-state index in [9.17, 15) is 14.3 Å². The molecule has 0 spiro atoms. The lowest BCUT2D eigenvalue weighted by atomic mass is 10.1. The van der Waals surface area contributed by atoms with Crippen molar-refractivity contribution in [2.24, 2.45) is 0 Å². The molecule has 0 bridgehead atoms. The third-order valence-corrected chi connectivity index (χ3v) is 4.26. The van der Waals surface area contributed by atoms with E-state index in [1.165, 1.54) is 18.2 Å². The standard InChI is InChI=1S/C22H16FNO4/c23-16-5-7-17(8-6-16)24-19-11-14(3-9-18(19)22(25)26)1-2-15-4-10-20-21(12-15)28-13-27-20/h1-12,24H,13H2,(H,25,26)/b2-1+. The zero-order valence-electron chi connectivity index (χ0n) is 14.7. The Morgan fingerprint density at radius 2 is 1.61 bits per heavy atom. The van der Waals surface area contributed by atoms with Crippen LogP contribution < -0.4 is 14.8 Å². The van der Waals surface area contributed by atoms with Gasteiger partial charge in [-0.2, -0.15) is 0 Å². The minimum Gasteiger partial charge on any atom is -0.478 e. The summed E-state index contributed by atoms with van der Waals surface area (Å²) in [6.45, 7) is 0.220. The predicted octanol–water partition coefficient (Wildman–Crippen LogP) is 5.17. The Balaban J connectivity index is 1.60. The van der Waals surface area contributed by atoms with Crippen LogP contribution in [0.1, 0.15) is 21.5 Å². The van der Waals surface area contributed by atoms with Crippen molar-refractivity contribution < 1.29 is 23.8 Å². The first kappa shape index (κ1) is 17.6. The van der Waals surface area contributed by atoms with Crippen molar-refractivity contribution in [1.82, 2.24) is 0 Å². The first-order chi connectivity index (χ1) is 13.6. The second kappa shape index (κ2) is 7.44. The highest BCUT2D eigenvalue weighted by Gasteiger charge is 2.13. The van der Waals surface area contributed by atoms with Gasteiger partial charge in [-0.25, -0.2) is 9.18 Å². The number of halogens is 1. The second-order valence-electron chi connectivity index (χ2n) is 6.19. The molecule has 0 radical (unpaired) electrons. The molecular weight excluding hydrogens is 361 g/mol. The molecule has 5 nitrogen and oxygen atoms in total. The van der Waals surface area contributed by atoms with Gasteiger partial charge in [-0.3, -0.25) is 0 Å². The van der Waals surface area contributed by atoms with Gasteiger partial charge in [0.25, 0.3) is 0 Å². The molecule has 1 heterocycles. The van der Waals surface area contributed by atoms with Crippen molar-refractivity contribution in [3.05, 3.63) is 83.2 Å². The number of rotatable bonds is 5. The molecule has 0 atom stereocenters. The van der Waals surface area contributed by atoms with Gasteiger partial charge in [0.1, 0.15) is 5.82 Å². The van der Waals surface area contributed by atoms with E-state index in [4.69, 9.17) is 9.47 Å². The van der Waals surface area contributed by atoms with Gasteiger partial charge in [-0.15, -0.1) is 0 Å². The smallest absolute Gasteiger partial charge is 0.337 e.